The molecule has 5 rings (SSSR count). The highest BCUT2D eigenvalue weighted by atomic mass is 32.1. The second kappa shape index (κ2) is 6.89. The molecule has 2 aliphatic rings. The van der Waals surface area contributed by atoms with Crippen molar-refractivity contribution in [2.45, 2.75) is 0 Å². The van der Waals surface area contributed by atoms with Gasteiger partial charge in [0.05, 0.1) is 23.0 Å². The first-order valence-electron chi connectivity index (χ1n) is 8.89. The quantitative estimate of drug-likeness (QED) is 0.640. The van der Waals surface area contributed by atoms with Crippen LogP contribution in [0.1, 0.15) is 4.88 Å². The first kappa shape index (κ1) is 18.2. The number of hydrogen-bond acceptors (Lipinski definition) is 7. The predicted molar refractivity (Wildman–Crippen MR) is 109 cm³/mol. The first-order valence-corrected chi connectivity index (χ1v) is 9.70. The highest BCUT2D eigenvalue weighted by Gasteiger charge is 2.20. The van der Waals surface area contributed by atoms with E-state index in [2.05, 4.69) is 4.99 Å². The SMILES string of the molecule is COc1ccc(-n2c(O)c(/C=C3\C=c4cc5c(cc4=NC3=O)OCO5)sc2=O)cc1. The molecule has 0 unspecified atom stereocenters. The summed E-state index contributed by atoms with van der Waals surface area (Å²) >= 11 is 0.834. The van der Waals surface area contributed by atoms with Crippen LogP contribution in [0.15, 0.2) is 51.8 Å². The van der Waals surface area contributed by atoms with Crippen molar-refractivity contribution in [2.75, 3.05) is 13.9 Å². The molecule has 0 aliphatic carbocycles. The number of aromatic hydroxyl groups is 1. The van der Waals surface area contributed by atoms with E-state index < -0.39 is 5.91 Å². The molecule has 3 heterocycles. The Balaban J connectivity index is 1.58. The normalized spacial score (nSPS) is 15.5. The molecule has 1 N–H and O–H groups in total. The molecule has 2 aliphatic heterocycles. The van der Waals surface area contributed by atoms with Gasteiger partial charge in [-0.15, -0.1) is 0 Å². The van der Waals surface area contributed by atoms with E-state index in [4.69, 9.17) is 14.2 Å². The number of methoxy groups -OCH3 is 1. The first-order chi connectivity index (χ1) is 14.5. The Morgan fingerprint density at radius 1 is 1.17 bits per heavy atom. The number of fused-ring (bicyclic) bond motifs is 2. The number of benzene rings is 2. The molecular weight excluding hydrogens is 408 g/mol. The molecule has 1 aromatic heterocycles. The van der Waals surface area contributed by atoms with Gasteiger partial charge in [-0.3, -0.25) is 9.59 Å². The minimum Gasteiger partial charge on any atom is -0.497 e. The number of thiazole rings is 1. The molecular formula is C21H14N2O6S. The van der Waals surface area contributed by atoms with E-state index in [0.717, 1.165) is 11.3 Å². The van der Waals surface area contributed by atoms with E-state index >= 15 is 0 Å². The summed E-state index contributed by atoms with van der Waals surface area (Å²) in [5, 5.41) is 11.8. The second-order valence-electron chi connectivity index (χ2n) is 6.51. The molecule has 30 heavy (non-hydrogen) atoms. The van der Waals surface area contributed by atoms with Gasteiger partial charge in [0, 0.05) is 16.9 Å². The Bertz CT molecular complexity index is 1400. The second-order valence-corrected chi connectivity index (χ2v) is 7.51. The number of ether oxygens (including phenoxy) is 3. The fourth-order valence-electron chi connectivity index (χ4n) is 3.24. The van der Waals surface area contributed by atoms with Gasteiger partial charge in [-0.1, -0.05) is 11.3 Å². The smallest absolute Gasteiger partial charge is 0.315 e. The maximum absolute atomic E-state index is 12.5. The number of hydrogen-bond donors (Lipinski definition) is 1. The monoisotopic (exact) mass is 422 g/mol. The van der Waals surface area contributed by atoms with Crippen LogP contribution in [0, 0.1) is 0 Å². The molecule has 0 saturated carbocycles. The van der Waals surface area contributed by atoms with Gasteiger partial charge in [0.25, 0.3) is 5.91 Å². The molecule has 0 radical (unpaired) electrons. The Morgan fingerprint density at radius 2 is 1.90 bits per heavy atom. The van der Waals surface area contributed by atoms with Gasteiger partial charge in [0.1, 0.15) is 5.75 Å². The number of carbonyl (C=O) groups excluding carboxylic acids is 1. The van der Waals surface area contributed by atoms with Crippen molar-refractivity contribution >= 4 is 29.4 Å². The average Bonchev–Trinajstić information content (AvgIpc) is 3.30. The van der Waals surface area contributed by atoms with Crippen molar-refractivity contribution in [3.8, 4) is 28.8 Å². The van der Waals surface area contributed by atoms with E-state index in [1.807, 2.05) is 0 Å². The number of rotatable bonds is 3. The maximum atomic E-state index is 12.5. The van der Waals surface area contributed by atoms with Crippen LogP contribution in [0.25, 0.3) is 17.8 Å². The van der Waals surface area contributed by atoms with Crippen LogP contribution in [0.4, 0.5) is 0 Å². The van der Waals surface area contributed by atoms with Gasteiger partial charge in [-0.05, 0) is 42.5 Å². The van der Waals surface area contributed by atoms with Gasteiger partial charge in [-0.2, -0.15) is 0 Å². The zero-order valence-corrected chi connectivity index (χ0v) is 16.4. The Kier molecular flexibility index (Phi) is 4.18. The molecule has 0 fully saturated rings. The number of amides is 1. The van der Waals surface area contributed by atoms with Crippen LogP contribution < -0.4 is 29.7 Å². The maximum Gasteiger partial charge on any atom is 0.315 e. The molecule has 1 amide bonds. The molecule has 2 aromatic carbocycles. The third-order valence-electron chi connectivity index (χ3n) is 4.73. The van der Waals surface area contributed by atoms with E-state index in [-0.39, 0.29) is 28.0 Å². The summed E-state index contributed by atoms with van der Waals surface area (Å²) in [7, 11) is 1.54. The largest absolute Gasteiger partial charge is 0.497 e. The number of nitrogens with zero attached hydrogens (tertiary/aromatic N) is 2. The molecule has 0 atom stereocenters. The zero-order chi connectivity index (χ0) is 20.8. The summed E-state index contributed by atoms with van der Waals surface area (Å²) in [6, 6.07) is 10.1. The lowest BCUT2D eigenvalue weighted by Crippen LogP contribution is -2.30. The Hall–Kier alpha value is -3.85. The number of aromatic nitrogens is 1. The van der Waals surface area contributed by atoms with Crippen molar-refractivity contribution in [2.24, 2.45) is 4.99 Å². The lowest BCUT2D eigenvalue weighted by molar-refractivity contribution is -0.114. The van der Waals surface area contributed by atoms with E-state index in [9.17, 15) is 14.7 Å². The molecule has 0 saturated heterocycles. The topological polar surface area (TPSA) is 99.3 Å². The fraction of sp³-hybridized carbons (Fsp3) is 0.0952. The van der Waals surface area contributed by atoms with Crippen molar-refractivity contribution in [1.29, 1.82) is 0 Å². The Morgan fingerprint density at radius 3 is 2.63 bits per heavy atom. The van der Waals surface area contributed by atoms with Gasteiger partial charge >= 0.3 is 4.87 Å². The van der Waals surface area contributed by atoms with Gasteiger partial charge in [-0.25, -0.2) is 9.56 Å². The van der Waals surface area contributed by atoms with Crippen LogP contribution in [-0.4, -0.2) is 29.5 Å². The van der Waals surface area contributed by atoms with Gasteiger partial charge in [0.2, 0.25) is 12.7 Å². The zero-order valence-electron chi connectivity index (χ0n) is 15.6. The molecule has 3 aromatic rings. The third kappa shape index (κ3) is 2.96. The lowest BCUT2D eigenvalue weighted by atomic mass is 10.1. The fourth-order valence-corrected chi connectivity index (χ4v) is 4.08. The standard InChI is InChI=1S/C21H14N2O6S/c1-27-14-4-2-13(3-5-14)23-20(25)18(30-21(23)26)8-12-6-11-7-16-17(29-10-28-16)9-15(11)22-19(12)24/h2-9,25H,10H2,1H3/b12-8+. The summed E-state index contributed by atoms with van der Waals surface area (Å²) in [5.74, 6) is 1.02. The van der Waals surface area contributed by atoms with Crippen molar-refractivity contribution < 1.29 is 24.1 Å². The van der Waals surface area contributed by atoms with Gasteiger partial charge in [0.15, 0.2) is 11.5 Å². The highest BCUT2D eigenvalue weighted by Crippen LogP contribution is 2.30. The minimum absolute atomic E-state index is 0.121. The summed E-state index contributed by atoms with van der Waals surface area (Å²) in [5.41, 5.74) is 0.737. The van der Waals surface area contributed by atoms with Crippen molar-refractivity contribution in [3.63, 3.8) is 0 Å². The van der Waals surface area contributed by atoms with Crippen LogP contribution in [0.3, 0.4) is 0 Å². The lowest BCUT2D eigenvalue weighted by Gasteiger charge is -2.06. The molecule has 0 bridgehead atoms. The van der Waals surface area contributed by atoms with Crippen LogP contribution in [0.5, 0.6) is 23.1 Å². The molecule has 150 valence electrons. The number of carbonyl (C=O) groups is 1. The van der Waals surface area contributed by atoms with E-state index in [1.165, 1.54) is 10.6 Å². The van der Waals surface area contributed by atoms with Crippen molar-refractivity contribution in [1.82, 2.24) is 4.57 Å². The van der Waals surface area contributed by atoms with Gasteiger partial charge < -0.3 is 19.3 Å². The van der Waals surface area contributed by atoms with Crippen LogP contribution >= 0.6 is 11.3 Å². The Labute approximate surface area is 173 Å². The third-order valence-corrected chi connectivity index (χ3v) is 5.61. The van der Waals surface area contributed by atoms with E-state index in [0.29, 0.717) is 33.5 Å². The molecule has 0 spiro atoms. The van der Waals surface area contributed by atoms with Crippen LogP contribution in [0.2, 0.25) is 0 Å². The molecule has 9 heteroatoms. The summed E-state index contributed by atoms with van der Waals surface area (Å²) in [6.07, 6.45) is 3.11. The highest BCUT2D eigenvalue weighted by molar-refractivity contribution is 7.10. The predicted octanol–water partition coefficient (Wildman–Crippen LogP) is 1.37. The molecule has 8 nitrogen and oxygen atoms in total. The minimum atomic E-state index is -0.474. The summed E-state index contributed by atoms with van der Waals surface area (Å²) in [4.78, 5) is 28.9. The van der Waals surface area contributed by atoms with Crippen molar-refractivity contribution in [3.05, 3.63) is 67.1 Å². The van der Waals surface area contributed by atoms with Crippen LogP contribution in [-0.2, 0) is 4.79 Å². The van der Waals surface area contributed by atoms with E-state index in [1.54, 1.807) is 49.6 Å². The average molecular weight is 422 g/mol. The summed E-state index contributed by atoms with van der Waals surface area (Å²) < 4.78 is 17.0. The summed E-state index contributed by atoms with van der Waals surface area (Å²) in [6.45, 7) is 0.121.